The summed E-state index contributed by atoms with van der Waals surface area (Å²) < 4.78 is 7.04. The Bertz CT molecular complexity index is 1610. The Balaban J connectivity index is 1.22. The summed E-state index contributed by atoms with van der Waals surface area (Å²) in [6, 6.07) is 9.15. The molecule has 0 aromatic carbocycles. The maximum Gasteiger partial charge on any atom is 0.295 e. The predicted octanol–water partition coefficient (Wildman–Crippen LogP) is 1.54. The second-order valence-corrected chi connectivity index (χ2v) is 8.56. The third kappa shape index (κ3) is 3.99. The van der Waals surface area contributed by atoms with Crippen molar-refractivity contribution in [1.82, 2.24) is 45.0 Å². The summed E-state index contributed by atoms with van der Waals surface area (Å²) in [6.07, 6.45) is 8.10. The Hall–Kier alpha value is -5.20. The number of H-pyrrole nitrogens is 1. The summed E-state index contributed by atoms with van der Waals surface area (Å²) in [4.78, 5) is 46.3. The lowest BCUT2D eigenvalue weighted by molar-refractivity contribution is -0.126. The topological polar surface area (TPSA) is 148 Å². The van der Waals surface area contributed by atoms with Crippen LogP contribution in [0, 0.1) is 0 Å². The molecule has 1 fully saturated rings. The van der Waals surface area contributed by atoms with E-state index in [0.717, 1.165) is 5.56 Å². The Labute approximate surface area is 216 Å². The number of hydrogen-bond donors (Lipinski definition) is 1. The monoisotopic (exact) mass is 510 g/mol. The Morgan fingerprint density at radius 2 is 1.87 bits per heavy atom. The van der Waals surface area contributed by atoms with Gasteiger partial charge < -0.3 is 19.5 Å². The van der Waals surface area contributed by atoms with Crippen molar-refractivity contribution in [1.29, 1.82) is 0 Å². The number of methoxy groups -OCH3 is 1. The van der Waals surface area contributed by atoms with Crippen molar-refractivity contribution in [2.75, 3.05) is 38.2 Å². The van der Waals surface area contributed by atoms with E-state index in [4.69, 9.17) is 4.74 Å². The number of ether oxygens (including phenoxy) is 1. The third-order valence-electron chi connectivity index (χ3n) is 6.44. The zero-order valence-corrected chi connectivity index (χ0v) is 20.4. The van der Waals surface area contributed by atoms with Crippen molar-refractivity contribution in [2.24, 2.45) is 0 Å². The van der Waals surface area contributed by atoms with Crippen LogP contribution in [-0.4, -0.2) is 90.0 Å². The molecule has 0 spiro atoms. The van der Waals surface area contributed by atoms with Gasteiger partial charge in [-0.3, -0.25) is 19.6 Å². The van der Waals surface area contributed by atoms with E-state index in [9.17, 15) is 9.59 Å². The fourth-order valence-electron chi connectivity index (χ4n) is 4.55. The van der Waals surface area contributed by atoms with Gasteiger partial charge in [0.1, 0.15) is 5.75 Å². The highest BCUT2D eigenvalue weighted by molar-refractivity contribution is 6.45. The molecule has 1 aliphatic heterocycles. The number of hydrogen-bond acceptors (Lipinski definition) is 10. The van der Waals surface area contributed by atoms with Gasteiger partial charge in [0, 0.05) is 56.5 Å². The molecule has 1 amide bonds. The van der Waals surface area contributed by atoms with Gasteiger partial charge in [-0.05, 0) is 34.7 Å². The van der Waals surface area contributed by atoms with Gasteiger partial charge >= 0.3 is 0 Å². The summed E-state index contributed by atoms with van der Waals surface area (Å²) in [5.74, 6) is 0.311. The number of anilines is 1. The van der Waals surface area contributed by atoms with Crippen molar-refractivity contribution in [3.8, 4) is 22.8 Å². The quantitative estimate of drug-likeness (QED) is 0.263. The number of piperazine rings is 1. The molecule has 0 aliphatic carbocycles. The molecule has 0 unspecified atom stereocenters. The molecule has 6 heterocycles. The van der Waals surface area contributed by atoms with Crippen LogP contribution in [0.5, 0.6) is 5.75 Å². The van der Waals surface area contributed by atoms with Crippen LogP contribution in [0.25, 0.3) is 28.0 Å². The molecule has 0 atom stereocenters. The first-order valence-electron chi connectivity index (χ1n) is 11.9. The van der Waals surface area contributed by atoms with Crippen LogP contribution in [0.3, 0.4) is 0 Å². The summed E-state index contributed by atoms with van der Waals surface area (Å²) in [5, 5.41) is 12.5. The molecule has 0 radical (unpaired) electrons. The third-order valence-corrected chi connectivity index (χ3v) is 6.44. The normalized spacial score (nSPS) is 13.6. The maximum atomic E-state index is 13.4. The van der Waals surface area contributed by atoms with Crippen LogP contribution in [0.1, 0.15) is 10.4 Å². The Morgan fingerprint density at radius 3 is 2.61 bits per heavy atom. The molecule has 6 rings (SSSR count). The van der Waals surface area contributed by atoms with Crippen LogP contribution in [0.2, 0.25) is 0 Å². The van der Waals surface area contributed by atoms with Crippen molar-refractivity contribution in [3.05, 3.63) is 66.9 Å². The molecule has 5 aromatic rings. The lowest BCUT2D eigenvalue weighted by Gasteiger charge is -2.34. The number of pyridine rings is 3. The number of rotatable bonds is 6. The van der Waals surface area contributed by atoms with E-state index in [1.54, 1.807) is 40.4 Å². The van der Waals surface area contributed by atoms with Gasteiger partial charge in [-0.15, -0.1) is 0 Å². The van der Waals surface area contributed by atoms with Gasteiger partial charge in [0.25, 0.3) is 17.6 Å². The summed E-state index contributed by atoms with van der Waals surface area (Å²) in [6.45, 7) is 1.58. The fraction of sp³-hybridized carbons (Fsp3) is 0.200. The van der Waals surface area contributed by atoms with E-state index in [2.05, 4.69) is 35.5 Å². The lowest BCUT2D eigenvalue weighted by Crippen LogP contribution is -2.51. The van der Waals surface area contributed by atoms with E-state index in [1.165, 1.54) is 13.3 Å². The number of fused-ring (bicyclic) bond motifs is 1. The lowest BCUT2D eigenvalue weighted by atomic mass is 10.1. The SMILES string of the molecule is COc1cnc(-c2cccnc2)c2[nH]cc(C(=O)C(=O)N3CCN(c4nnnn4-c4ccccn4)CC3)c12. The molecular weight excluding hydrogens is 488 g/mol. The minimum absolute atomic E-state index is 0.232. The second kappa shape index (κ2) is 9.69. The zero-order valence-electron chi connectivity index (χ0n) is 20.4. The minimum atomic E-state index is -0.621. The number of tetrazole rings is 1. The van der Waals surface area contributed by atoms with E-state index in [1.807, 2.05) is 29.2 Å². The number of carbonyl (C=O) groups excluding carboxylic acids is 2. The Morgan fingerprint density at radius 1 is 1.00 bits per heavy atom. The van der Waals surface area contributed by atoms with Gasteiger partial charge in [-0.2, -0.15) is 4.68 Å². The molecule has 1 N–H and O–H groups in total. The number of nitrogens with one attached hydrogen (secondary N) is 1. The van der Waals surface area contributed by atoms with Gasteiger partial charge in [-0.25, -0.2) is 4.98 Å². The minimum Gasteiger partial charge on any atom is -0.494 e. The standard InChI is InChI=1S/C25H22N10O3/c1-38-18-15-29-21(16-5-4-7-26-13-16)22-20(18)17(14-28-22)23(36)24(37)33-9-11-34(12-10-33)25-30-31-32-35(25)19-6-2-3-8-27-19/h2-8,13-15,28H,9-12H2,1H3. The molecule has 13 nitrogen and oxygen atoms in total. The first-order valence-corrected chi connectivity index (χ1v) is 11.9. The van der Waals surface area contributed by atoms with Crippen molar-refractivity contribution in [2.45, 2.75) is 0 Å². The summed E-state index contributed by atoms with van der Waals surface area (Å²) >= 11 is 0. The molecule has 0 bridgehead atoms. The van der Waals surface area contributed by atoms with Crippen molar-refractivity contribution >= 4 is 28.5 Å². The smallest absolute Gasteiger partial charge is 0.295 e. The molecule has 13 heteroatoms. The van der Waals surface area contributed by atoms with Crippen LogP contribution >= 0.6 is 0 Å². The highest BCUT2D eigenvalue weighted by Crippen LogP contribution is 2.34. The summed E-state index contributed by atoms with van der Waals surface area (Å²) in [5.41, 5.74) is 2.21. The molecular formula is C25H22N10O3. The molecule has 5 aromatic heterocycles. The number of carbonyl (C=O) groups is 2. The van der Waals surface area contributed by atoms with Crippen molar-refractivity contribution in [3.63, 3.8) is 0 Å². The van der Waals surface area contributed by atoms with E-state index in [-0.39, 0.29) is 5.56 Å². The van der Waals surface area contributed by atoms with Gasteiger partial charge in [0.05, 0.1) is 35.5 Å². The molecule has 0 saturated carbocycles. The molecule has 190 valence electrons. The first kappa shape index (κ1) is 23.2. The second-order valence-electron chi connectivity index (χ2n) is 8.56. The fourth-order valence-corrected chi connectivity index (χ4v) is 4.55. The number of Topliss-reactive ketones (excluding diaryl/α,β-unsaturated/α-hetero) is 1. The Kier molecular flexibility index (Phi) is 5.92. The number of ketones is 1. The van der Waals surface area contributed by atoms with Crippen LogP contribution in [-0.2, 0) is 4.79 Å². The average Bonchev–Trinajstić information content (AvgIpc) is 3.65. The highest BCUT2D eigenvalue weighted by Gasteiger charge is 2.31. The van der Waals surface area contributed by atoms with Crippen LogP contribution < -0.4 is 9.64 Å². The zero-order chi connectivity index (χ0) is 26.1. The molecule has 38 heavy (non-hydrogen) atoms. The maximum absolute atomic E-state index is 13.4. The predicted molar refractivity (Wildman–Crippen MR) is 136 cm³/mol. The van der Waals surface area contributed by atoms with Crippen LogP contribution in [0.4, 0.5) is 5.95 Å². The van der Waals surface area contributed by atoms with Crippen molar-refractivity contribution < 1.29 is 14.3 Å². The van der Waals surface area contributed by atoms with E-state index in [0.29, 0.717) is 60.3 Å². The number of aromatic nitrogens is 8. The van der Waals surface area contributed by atoms with Gasteiger partial charge in [-0.1, -0.05) is 11.2 Å². The molecule has 1 aliphatic rings. The molecule has 1 saturated heterocycles. The van der Waals surface area contributed by atoms with E-state index < -0.39 is 11.7 Å². The number of nitrogens with zero attached hydrogens (tertiary/aromatic N) is 9. The number of aromatic amines is 1. The largest absolute Gasteiger partial charge is 0.494 e. The number of amides is 1. The average molecular weight is 511 g/mol. The van der Waals surface area contributed by atoms with Gasteiger partial charge in [0.2, 0.25) is 0 Å². The van der Waals surface area contributed by atoms with Crippen LogP contribution in [0.15, 0.2) is 61.3 Å². The highest BCUT2D eigenvalue weighted by atomic mass is 16.5. The first-order chi connectivity index (χ1) is 18.7. The summed E-state index contributed by atoms with van der Waals surface area (Å²) in [7, 11) is 1.50. The van der Waals surface area contributed by atoms with Gasteiger partial charge in [0.15, 0.2) is 5.82 Å². The van der Waals surface area contributed by atoms with E-state index >= 15 is 0 Å².